The van der Waals surface area contributed by atoms with Crippen LogP contribution in [-0.4, -0.2) is 17.8 Å². The maximum absolute atomic E-state index is 11.6. The molecule has 1 heterocycles. The number of ether oxygens (including phenoxy) is 1. The summed E-state index contributed by atoms with van der Waals surface area (Å²) in [5, 5.41) is 8.21. The summed E-state index contributed by atoms with van der Waals surface area (Å²) < 4.78 is 5.18. The minimum atomic E-state index is -0.277. The third-order valence-electron chi connectivity index (χ3n) is 2.38. The van der Waals surface area contributed by atoms with E-state index in [2.05, 4.69) is 6.92 Å². The van der Waals surface area contributed by atoms with Crippen molar-refractivity contribution in [1.29, 1.82) is 5.26 Å². The highest BCUT2D eigenvalue weighted by Crippen LogP contribution is 2.31. The predicted molar refractivity (Wildman–Crippen MR) is 69.3 cm³/mol. The number of allylic oxidation sites excluding steroid dienone is 2. The van der Waals surface area contributed by atoms with Crippen LogP contribution in [0.25, 0.3) is 0 Å². The SMILES string of the molecule is CCCCCCOC(=O)C1C=CC(=CC#N)S1. The molecule has 0 amide bonds. The van der Waals surface area contributed by atoms with Crippen molar-refractivity contribution in [1.82, 2.24) is 0 Å². The molecule has 0 N–H and O–H groups in total. The Morgan fingerprint density at radius 3 is 3.12 bits per heavy atom. The Kier molecular flexibility index (Phi) is 6.49. The molecule has 0 aliphatic carbocycles. The topological polar surface area (TPSA) is 50.1 Å². The van der Waals surface area contributed by atoms with E-state index in [0.717, 1.165) is 17.7 Å². The molecule has 92 valence electrons. The zero-order chi connectivity index (χ0) is 12.5. The predicted octanol–water partition coefficient (Wildman–Crippen LogP) is 3.19. The van der Waals surface area contributed by atoms with Gasteiger partial charge in [0, 0.05) is 11.0 Å². The molecule has 0 saturated heterocycles. The molecule has 1 atom stereocenters. The molecule has 17 heavy (non-hydrogen) atoms. The normalized spacial score (nSPS) is 20.5. The van der Waals surface area contributed by atoms with E-state index in [-0.39, 0.29) is 11.2 Å². The molecule has 0 spiro atoms. The van der Waals surface area contributed by atoms with E-state index in [4.69, 9.17) is 10.00 Å². The fourth-order valence-electron chi connectivity index (χ4n) is 1.46. The van der Waals surface area contributed by atoms with Gasteiger partial charge >= 0.3 is 5.97 Å². The molecule has 0 aromatic carbocycles. The lowest BCUT2D eigenvalue weighted by Crippen LogP contribution is -2.17. The number of esters is 1. The molecule has 1 aliphatic rings. The number of nitriles is 1. The summed E-state index contributed by atoms with van der Waals surface area (Å²) in [5.41, 5.74) is 0. The Balaban J connectivity index is 2.20. The molecule has 3 nitrogen and oxygen atoms in total. The van der Waals surface area contributed by atoms with Crippen LogP contribution >= 0.6 is 11.8 Å². The third kappa shape index (κ3) is 5.10. The van der Waals surface area contributed by atoms with Crippen LogP contribution in [0.15, 0.2) is 23.1 Å². The van der Waals surface area contributed by atoms with Gasteiger partial charge < -0.3 is 4.74 Å². The van der Waals surface area contributed by atoms with E-state index in [1.54, 1.807) is 12.2 Å². The van der Waals surface area contributed by atoms with Crippen LogP contribution < -0.4 is 0 Å². The van der Waals surface area contributed by atoms with Crippen molar-refractivity contribution in [2.24, 2.45) is 0 Å². The van der Waals surface area contributed by atoms with Gasteiger partial charge in [-0.05, 0) is 6.42 Å². The van der Waals surface area contributed by atoms with Gasteiger partial charge in [-0.2, -0.15) is 5.26 Å². The van der Waals surface area contributed by atoms with Gasteiger partial charge in [0.05, 0.1) is 12.7 Å². The van der Waals surface area contributed by atoms with Gasteiger partial charge in [-0.25, -0.2) is 0 Å². The van der Waals surface area contributed by atoms with Gasteiger partial charge in [0.25, 0.3) is 0 Å². The average Bonchev–Trinajstić information content (AvgIpc) is 2.78. The second-order valence-electron chi connectivity index (χ2n) is 3.80. The van der Waals surface area contributed by atoms with Gasteiger partial charge in [-0.3, -0.25) is 4.79 Å². The fraction of sp³-hybridized carbons (Fsp3) is 0.538. The number of hydrogen-bond acceptors (Lipinski definition) is 4. The molecule has 0 fully saturated rings. The summed E-state index contributed by atoms with van der Waals surface area (Å²) in [6, 6.07) is 1.95. The minimum absolute atomic E-state index is 0.205. The Morgan fingerprint density at radius 1 is 1.59 bits per heavy atom. The number of carbonyl (C=O) groups is 1. The summed E-state index contributed by atoms with van der Waals surface area (Å²) in [4.78, 5) is 12.4. The van der Waals surface area contributed by atoms with E-state index < -0.39 is 0 Å². The quantitative estimate of drug-likeness (QED) is 0.413. The summed E-state index contributed by atoms with van der Waals surface area (Å²) in [7, 11) is 0. The number of carbonyl (C=O) groups excluding carboxylic acids is 1. The first-order valence-electron chi connectivity index (χ1n) is 5.89. The molecule has 0 radical (unpaired) electrons. The van der Waals surface area contributed by atoms with E-state index in [1.807, 2.05) is 6.07 Å². The smallest absolute Gasteiger partial charge is 0.323 e. The molecular formula is C13H17NO2S. The van der Waals surface area contributed by atoms with Crippen LogP contribution in [0.2, 0.25) is 0 Å². The first-order valence-corrected chi connectivity index (χ1v) is 6.77. The zero-order valence-corrected chi connectivity index (χ0v) is 10.8. The summed E-state index contributed by atoms with van der Waals surface area (Å²) >= 11 is 1.36. The number of unbranched alkanes of at least 4 members (excludes halogenated alkanes) is 3. The molecular weight excluding hydrogens is 234 g/mol. The summed E-state index contributed by atoms with van der Waals surface area (Å²) in [6.45, 7) is 2.65. The molecule has 1 unspecified atom stereocenters. The first kappa shape index (κ1) is 13.9. The maximum atomic E-state index is 11.6. The third-order valence-corrected chi connectivity index (χ3v) is 3.51. The molecule has 0 aromatic heterocycles. The van der Waals surface area contributed by atoms with Crippen molar-refractivity contribution in [2.75, 3.05) is 6.61 Å². The second-order valence-corrected chi connectivity index (χ2v) is 5.02. The van der Waals surface area contributed by atoms with Crippen LogP contribution in [0.3, 0.4) is 0 Å². The van der Waals surface area contributed by atoms with Gasteiger partial charge in [-0.1, -0.05) is 38.3 Å². The van der Waals surface area contributed by atoms with Crippen molar-refractivity contribution in [3.05, 3.63) is 23.1 Å². The average molecular weight is 251 g/mol. The van der Waals surface area contributed by atoms with Crippen molar-refractivity contribution < 1.29 is 9.53 Å². The van der Waals surface area contributed by atoms with Crippen molar-refractivity contribution in [3.8, 4) is 6.07 Å². The van der Waals surface area contributed by atoms with Crippen LogP contribution in [0.5, 0.6) is 0 Å². The van der Waals surface area contributed by atoms with Crippen LogP contribution in [0.1, 0.15) is 32.6 Å². The zero-order valence-electron chi connectivity index (χ0n) is 10.0. The fourth-order valence-corrected chi connectivity index (χ4v) is 2.36. The molecule has 0 bridgehead atoms. The van der Waals surface area contributed by atoms with Crippen LogP contribution in [-0.2, 0) is 9.53 Å². The highest BCUT2D eigenvalue weighted by Gasteiger charge is 2.23. The highest BCUT2D eigenvalue weighted by atomic mass is 32.2. The monoisotopic (exact) mass is 251 g/mol. The van der Waals surface area contributed by atoms with E-state index in [9.17, 15) is 4.79 Å². The van der Waals surface area contributed by atoms with Crippen LogP contribution in [0, 0.1) is 11.3 Å². The van der Waals surface area contributed by atoms with Gasteiger partial charge in [0.15, 0.2) is 0 Å². The highest BCUT2D eigenvalue weighted by molar-refractivity contribution is 8.05. The Bertz CT molecular complexity index is 355. The molecule has 4 heteroatoms. The molecule has 0 saturated carbocycles. The number of nitrogens with zero attached hydrogens (tertiary/aromatic N) is 1. The Hall–Kier alpha value is -1.21. The number of thioether (sulfide) groups is 1. The van der Waals surface area contributed by atoms with E-state index in [1.165, 1.54) is 30.7 Å². The maximum Gasteiger partial charge on any atom is 0.323 e. The second kappa shape index (κ2) is 7.97. The lowest BCUT2D eigenvalue weighted by atomic mass is 10.2. The van der Waals surface area contributed by atoms with E-state index >= 15 is 0 Å². The number of rotatable bonds is 6. The van der Waals surface area contributed by atoms with Crippen molar-refractivity contribution in [3.63, 3.8) is 0 Å². The van der Waals surface area contributed by atoms with Gasteiger partial charge in [-0.15, -0.1) is 11.8 Å². The van der Waals surface area contributed by atoms with Crippen LogP contribution in [0.4, 0.5) is 0 Å². The van der Waals surface area contributed by atoms with Gasteiger partial charge in [0.2, 0.25) is 0 Å². The standard InChI is InChI=1S/C13H17NO2S/c1-2-3-4-5-10-16-13(15)12-7-6-11(17-12)8-9-14/h6-8,12H,2-5,10H2,1H3. The first-order chi connectivity index (χ1) is 8.27. The Labute approximate surface area is 107 Å². The van der Waals surface area contributed by atoms with Crippen molar-refractivity contribution in [2.45, 2.75) is 37.9 Å². The number of hydrogen-bond donors (Lipinski definition) is 0. The molecule has 0 aromatic rings. The van der Waals surface area contributed by atoms with Crippen molar-refractivity contribution >= 4 is 17.7 Å². The minimum Gasteiger partial charge on any atom is -0.465 e. The largest absolute Gasteiger partial charge is 0.465 e. The van der Waals surface area contributed by atoms with E-state index in [0.29, 0.717) is 6.61 Å². The van der Waals surface area contributed by atoms with Gasteiger partial charge in [0.1, 0.15) is 5.25 Å². The molecule has 1 aliphatic heterocycles. The summed E-state index contributed by atoms with van der Waals surface area (Å²) in [5.74, 6) is -0.205. The lowest BCUT2D eigenvalue weighted by Gasteiger charge is -2.08. The molecule has 1 rings (SSSR count). The Morgan fingerprint density at radius 2 is 2.41 bits per heavy atom. The summed E-state index contributed by atoms with van der Waals surface area (Å²) in [6.07, 6.45) is 9.41. The lowest BCUT2D eigenvalue weighted by molar-refractivity contribution is -0.142.